The number of pyridine rings is 1. The molecule has 6 nitrogen and oxygen atoms in total. The minimum atomic E-state index is -1.17. The summed E-state index contributed by atoms with van der Waals surface area (Å²) in [6, 6.07) is 9.99. The van der Waals surface area contributed by atoms with E-state index in [4.69, 9.17) is 9.84 Å². The smallest absolute Gasteiger partial charge is 0.339 e. The number of hydrogen-bond donors (Lipinski definition) is 3. The fourth-order valence-electron chi connectivity index (χ4n) is 2.41. The largest absolute Gasteiger partial charge is 0.507 e. The van der Waals surface area contributed by atoms with E-state index < -0.39 is 5.97 Å². The molecule has 0 saturated carbocycles. The summed E-state index contributed by atoms with van der Waals surface area (Å²) in [5, 5.41) is 21.9. The van der Waals surface area contributed by atoms with Gasteiger partial charge in [-0.25, -0.2) is 4.79 Å². The number of benzene rings is 1. The normalized spacial score (nSPS) is 18.1. The molecule has 6 heteroatoms. The molecule has 0 radical (unpaired) electrons. The fourth-order valence-corrected chi connectivity index (χ4v) is 2.41. The van der Waals surface area contributed by atoms with E-state index in [1.165, 1.54) is 12.1 Å². The Labute approximate surface area is 127 Å². The quantitative estimate of drug-likeness (QED) is 0.801. The van der Waals surface area contributed by atoms with Gasteiger partial charge in [-0.05, 0) is 30.3 Å². The van der Waals surface area contributed by atoms with E-state index >= 15 is 0 Å². The van der Waals surface area contributed by atoms with Gasteiger partial charge in [0.05, 0.1) is 18.0 Å². The number of ether oxygens (including phenoxy) is 1. The molecule has 3 rings (SSSR count). The summed E-state index contributed by atoms with van der Waals surface area (Å²) in [6.07, 6.45) is -0.107. The molecule has 1 fully saturated rings. The Bertz CT molecular complexity index is 696. The lowest BCUT2D eigenvalue weighted by Crippen LogP contribution is -2.33. The van der Waals surface area contributed by atoms with Gasteiger partial charge in [-0.3, -0.25) is 4.98 Å². The maximum atomic E-state index is 11.1. The summed E-state index contributed by atoms with van der Waals surface area (Å²) in [5.41, 5.74) is 1.95. The first kappa shape index (κ1) is 14.5. The van der Waals surface area contributed by atoms with Gasteiger partial charge in [-0.15, -0.1) is 0 Å². The lowest BCUT2D eigenvalue weighted by Gasteiger charge is -2.23. The van der Waals surface area contributed by atoms with Gasteiger partial charge in [-0.2, -0.15) is 0 Å². The number of nitrogens with one attached hydrogen (secondary N) is 1. The SMILES string of the molecule is O=C(O)c1cc(-c2cccc(C3CNCCO3)n2)ccc1O. The van der Waals surface area contributed by atoms with Crippen molar-refractivity contribution in [1.82, 2.24) is 10.3 Å². The highest BCUT2D eigenvalue weighted by atomic mass is 16.5. The van der Waals surface area contributed by atoms with E-state index in [0.717, 1.165) is 12.2 Å². The van der Waals surface area contributed by atoms with Crippen LogP contribution in [0.25, 0.3) is 11.3 Å². The summed E-state index contributed by atoms with van der Waals surface area (Å²) in [4.78, 5) is 15.7. The van der Waals surface area contributed by atoms with E-state index in [9.17, 15) is 9.90 Å². The van der Waals surface area contributed by atoms with E-state index in [1.54, 1.807) is 12.1 Å². The summed E-state index contributed by atoms with van der Waals surface area (Å²) in [6.45, 7) is 2.17. The van der Waals surface area contributed by atoms with Crippen LogP contribution in [0.2, 0.25) is 0 Å². The molecule has 1 aromatic heterocycles. The number of morpholine rings is 1. The molecule has 3 N–H and O–H groups in total. The molecule has 1 aliphatic heterocycles. The standard InChI is InChI=1S/C16H16N2O4/c19-14-5-4-10(8-11(14)16(20)21)12-2-1-3-13(18-12)15-9-17-6-7-22-15/h1-5,8,15,17,19H,6-7,9H2,(H,20,21). The Morgan fingerprint density at radius 2 is 2.18 bits per heavy atom. The molecular formula is C16H16N2O4. The average molecular weight is 300 g/mol. The molecule has 2 heterocycles. The highest BCUT2D eigenvalue weighted by molar-refractivity contribution is 5.92. The van der Waals surface area contributed by atoms with Gasteiger partial charge in [0.2, 0.25) is 0 Å². The Hall–Kier alpha value is -2.44. The zero-order valence-electron chi connectivity index (χ0n) is 11.8. The summed E-state index contributed by atoms with van der Waals surface area (Å²) in [5.74, 6) is -1.43. The van der Waals surface area contributed by atoms with Crippen LogP contribution in [-0.4, -0.2) is 40.9 Å². The van der Waals surface area contributed by atoms with Gasteiger partial charge in [0, 0.05) is 18.7 Å². The van der Waals surface area contributed by atoms with Crippen molar-refractivity contribution in [3.63, 3.8) is 0 Å². The first-order valence-electron chi connectivity index (χ1n) is 7.01. The third-order valence-electron chi connectivity index (χ3n) is 3.55. The molecular weight excluding hydrogens is 284 g/mol. The first-order valence-corrected chi connectivity index (χ1v) is 7.01. The summed E-state index contributed by atoms with van der Waals surface area (Å²) in [7, 11) is 0. The predicted octanol–water partition coefficient (Wildman–Crippen LogP) is 1.81. The zero-order valence-corrected chi connectivity index (χ0v) is 11.8. The fraction of sp³-hybridized carbons (Fsp3) is 0.250. The van der Waals surface area contributed by atoms with Gasteiger partial charge in [0.15, 0.2) is 0 Å². The third kappa shape index (κ3) is 2.93. The van der Waals surface area contributed by atoms with Crippen molar-refractivity contribution in [1.29, 1.82) is 0 Å². The topological polar surface area (TPSA) is 91.7 Å². The predicted molar refractivity (Wildman–Crippen MR) is 79.9 cm³/mol. The molecule has 0 bridgehead atoms. The van der Waals surface area contributed by atoms with E-state index in [0.29, 0.717) is 24.4 Å². The van der Waals surface area contributed by atoms with Crippen molar-refractivity contribution in [2.45, 2.75) is 6.10 Å². The highest BCUT2D eigenvalue weighted by Crippen LogP contribution is 2.26. The highest BCUT2D eigenvalue weighted by Gasteiger charge is 2.18. The molecule has 1 aliphatic rings. The Kier molecular flexibility index (Phi) is 4.04. The molecule has 1 aromatic carbocycles. The van der Waals surface area contributed by atoms with Crippen LogP contribution >= 0.6 is 0 Å². The number of hydrogen-bond acceptors (Lipinski definition) is 5. The van der Waals surface area contributed by atoms with Crippen LogP contribution in [0.4, 0.5) is 0 Å². The van der Waals surface area contributed by atoms with Crippen molar-refractivity contribution < 1.29 is 19.7 Å². The second kappa shape index (κ2) is 6.13. The summed E-state index contributed by atoms with van der Waals surface area (Å²) >= 11 is 0. The third-order valence-corrected chi connectivity index (χ3v) is 3.55. The van der Waals surface area contributed by atoms with E-state index in [2.05, 4.69) is 10.3 Å². The Morgan fingerprint density at radius 3 is 2.91 bits per heavy atom. The molecule has 1 unspecified atom stereocenters. The lowest BCUT2D eigenvalue weighted by molar-refractivity contribution is 0.0251. The first-order chi connectivity index (χ1) is 10.6. The molecule has 0 amide bonds. The number of phenols is 1. The maximum Gasteiger partial charge on any atom is 0.339 e. The molecule has 22 heavy (non-hydrogen) atoms. The second-order valence-electron chi connectivity index (χ2n) is 5.05. The van der Waals surface area contributed by atoms with Crippen molar-refractivity contribution in [2.75, 3.05) is 19.7 Å². The van der Waals surface area contributed by atoms with Gasteiger partial charge >= 0.3 is 5.97 Å². The molecule has 1 saturated heterocycles. The molecule has 2 aromatic rings. The molecule has 0 aliphatic carbocycles. The number of nitrogens with zero attached hydrogens (tertiary/aromatic N) is 1. The number of aromatic carboxylic acids is 1. The maximum absolute atomic E-state index is 11.1. The van der Waals surface area contributed by atoms with Crippen LogP contribution in [0.1, 0.15) is 22.2 Å². The number of aromatic nitrogens is 1. The van der Waals surface area contributed by atoms with Crippen LogP contribution in [-0.2, 0) is 4.74 Å². The number of carboxylic acid groups (broad SMARTS) is 1. The minimum Gasteiger partial charge on any atom is -0.507 e. The Balaban J connectivity index is 1.95. The van der Waals surface area contributed by atoms with Gasteiger partial charge in [0.1, 0.15) is 17.4 Å². The molecule has 114 valence electrons. The number of aromatic hydroxyl groups is 1. The number of rotatable bonds is 3. The van der Waals surface area contributed by atoms with Crippen LogP contribution in [0.15, 0.2) is 36.4 Å². The Morgan fingerprint density at radius 1 is 1.32 bits per heavy atom. The molecule has 0 spiro atoms. The van der Waals surface area contributed by atoms with Gasteiger partial charge in [-0.1, -0.05) is 6.07 Å². The van der Waals surface area contributed by atoms with E-state index in [1.807, 2.05) is 12.1 Å². The van der Waals surface area contributed by atoms with Crippen molar-refractivity contribution in [3.8, 4) is 17.0 Å². The van der Waals surface area contributed by atoms with Crippen molar-refractivity contribution >= 4 is 5.97 Å². The number of carboxylic acids is 1. The van der Waals surface area contributed by atoms with Gasteiger partial charge < -0.3 is 20.3 Å². The molecule has 1 atom stereocenters. The second-order valence-corrected chi connectivity index (χ2v) is 5.05. The zero-order chi connectivity index (χ0) is 15.5. The van der Waals surface area contributed by atoms with Crippen LogP contribution in [0.3, 0.4) is 0 Å². The average Bonchev–Trinajstić information content (AvgIpc) is 2.56. The monoisotopic (exact) mass is 300 g/mol. The number of carbonyl (C=O) groups is 1. The van der Waals surface area contributed by atoms with Gasteiger partial charge in [0.25, 0.3) is 0 Å². The summed E-state index contributed by atoms with van der Waals surface area (Å²) < 4.78 is 5.68. The van der Waals surface area contributed by atoms with Crippen LogP contribution < -0.4 is 5.32 Å². The van der Waals surface area contributed by atoms with E-state index in [-0.39, 0.29) is 17.4 Å². The lowest BCUT2D eigenvalue weighted by atomic mass is 10.1. The van der Waals surface area contributed by atoms with Crippen molar-refractivity contribution in [2.24, 2.45) is 0 Å². The minimum absolute atomic E-state index is 0.107. The van der Waals surface area contributed by atoms with Crippen LogP contribution in [0, 0.1) is 0 Å². The van der Waals surface area contributed by atoms with Crippen LogP contribution in [0.5, 0.6) is 5.75 Å². The van der Waals surface area contributed by atoms with Crippen molar-refractivity contribution in [3.05, 3.63) is 47.7 Å².